The molecule has 0 aliphatic carbocycles. The second kappa shape index (κ2) is 8.57. The molecule has 3 aromatic rings. The Hall–Kier alpha value is -2.72. The van der Waals surface area contributed by atoms with Gasteiger partial charge in [0.2, 0.25) is 0 Å². The Bertz CT molecular complexity index is 993. The number of benzene rings is 1. The summed E-state index contributed by atoms with van der Waals surface area (Å²) < 4.78 is 40.3. The topological polar surface area (TPSA) is 63.0 Å². The lowest BCUT2D eigenvalue weighted by Gasteiger charge is -2.23. The van der Waals surface area contributed by atoms with Gasteiger partial charge in [-0.2, -0.15) is 17.9 Å². The molecule has 4 rings (SSSR count). The van der Waals surface area contributed by atoms with Gasteiger partial charge in [0.1, 0.15) is 5.82 Å². The quantitative estimate of drug-likeness (QED) is 0.623. The van der Waals surface area contributed by atoms with Crippen molar-refractivity contribution in [2.45, 2.75) is 19.1 Å². The molecule has 0 atom stereocenters. The lowest BCUT2D eigenvalue weighted by molar-refractivity contribution is -0.137. The van der Waals surface area contributed by atoms with E-state index in [1.165, 1.54) is 0 Å². The zero-order valence-corrected chi connectivity index (χ0v) is 16.7. The van der Waals surface area contributed by atoms with E-state index in [0.717, 1.165) is 36.7 Å². The van der Waals surface area contributed by atoms with Gasteiger partial charge in [0.25, 0.3) is 0 Å². The molecule has 2 aromatic heterocycles. The van der Waals surface area contributed by atoms with Crippen molar-refractivity contribution in [3.05, 3.63) is 59.0 Å². The Kier molecular flexibility index (Phi) is 5.87. The van der Waals surface area contributed by atoms with Crippen LogP contribution in [0.15, 0.2) is 42.6 Å². The summed E-state index contributed by atoms with van der Waals surface area (Å²) in [6.45, 7) is 3.28. The zero-order chi connectivity index (χ0) is 21.1. The average Bonchev–Trinajstić information content (AvgIpc) is 3.06. The van der Waals surface area contributed by atoms with Gasteiger partial charge in [-0.3, -0.25) is 4.90 Å². The highest BCUT2D eigenvalue weighted by Gasteiger charge is 2.32. The smallest absolute Gasteiger partial charge is 0.354 e. The first kappa shape index (κ1) is 20.5. The summed E-state index contributed by atoms with van der Waals surface area (Å²) in [5.74, 6) is 1.10. The molecule has 158 valence electrons. The van der Waals surface area contributed by atoms with E-state index in [2.05, 4.69) is 25.4 Å². The van der Waals surface area contributed by atoms with E-state index in [0.29, 0.717) is 32.0 Å². The van der Waals surface area contributed by atoms with Crippen LogP contribution in [-0.2, 0) is 12.7 Å². The molecule has 0 spiro atoms. The summed E-state index contributed by atoms with van der Waals surface area (Å²) in [6, 6.07) is 10.6. The summed E-state index contributed by atoms with van der Waals surface area (Å²) in [5.41, 5.74) is 0.0372. The summed E-state index contributed by atoms with van der Waals surface area (Å²) in [7, 11) is 0. The molecule has 1 aromatic carbocycles. The molecule has 3 heterocycles. The first-order valence-electron chi connectivity index (χ1n) is 9.44. The number of alkyl halides is 3. The molecular weight excluding hydrogens is 419 g/mol. The molecule has 0 saturated carbocycles. The highest BCUT2D eigenvalue weighted by Crippen LogP contribution is 2.33. The van der Waals surface area contributed by atoms with Crippen LogP contribution < -0.4 is 4.90 Å². The molecule has 0 bridgehead atoms. The number of pyridine rings is 1. The van der Waals surface area contributed by atoms with Crippen LogP contribution in [-0.4, -0.2) is 56.3 Å². The monoisotopic (exact) mass is 437 g/mol. The molecular formula is C19H19ClF3N7. The van der Waals surface area contributed by atoms with Crippen molar-refractivity contribution >= 4 is 17.4 Å². The standard InChI is InChI=1S/C19H19ClF3N7/c20-16-11-14(19(21,22)23)12-24-18(16)29-8-4-7-28(9-10-29)13-17-25-26-27-30(17)15-5-2-1-3-6-15/h1-3,5-6,11-12H,4,7-10,13H2. The molecule has 7 nitrogen and oxygen atoms in total. The number of hydrogen-bond donors (Lipinski definition) is 0. The minimum atomic E-state index is -4.46. The van der Waals surface area contributed by atoms with Crippen molar-refractivity contribution in [3.8, 4) is 5.69 Å². The number of tetrazole rings is 1. The first-order valence-corrected chi connectivity index (χ1v) is 9.82. The zero-order valence-electron chi connectivity index (χ0n) is 15.9. The van der Waals surface area contributed by atoms with Gasteiger partial charge in [0, 0.05) is 32.4 Å². The molecule has 1 aliphatic rings. The van der Waals surface area contributed by atoms with Gasteiger partial charge in [-0.1, -0.05) is 29.8 Å². The number of para-hydroxylation sites is 1. The minimum Gasteiger partial charge on any atom is -0.354 e. The van der Waals surface area contributed by atoms with Crippen molar-refractivity contribution < 1.29 is 13.2 Å². The van der Waals surface area contributed by atoms with Crippen LogP contribution in [0.5, 0.6) is 0 Å². The van der Waals surface area contributed by atoms with Crippen molar-refractivity contribution in [2.24, 2.45) is 0 Å². The second-order valence-electron chi connectivity index (χ2n) is 6.99. The van der Waals surface area contributed by atoms with Gasteiger partial charge in [-0.05, 0) is 35.0 Å². The molecule has 0 amide bonds. The van der Waals surface area contributed by atoms with Gasteiger partial charge >= 0.3 is 6.18 Å². The molecule has 1 aliphatic heterocycles. The largest absolute Gasteiger partial charge is 0.417 e. The molecule has 0 unspecified atom stereocenters. The Morgan fingerprint density at radius 2 is 1.83 bits per heavy atom. The predicted octanol–water partition coefficient (Wildman–Crippen LogP) is 3.44. The SMILES string of the molecule is FC(F)(F)c1cnc(N2CCCN(Cc3nnnn3-c3ccccc3)CC2)c(Cl)c1. The van der Waals surface area contributed by atoms with Crippen LogP contribution in [0.3, 0.4) is 0 Å². The van der Waals surface area contributed by atoms with E-state index in [1.54, 1.807) is 4.68 Å². The third-order valence-electron chi connectivity index (χ3n) is 4.94. The summed E-state index contributed by atoms with van der Waals surface area (Å²) >= 11 is 6.11. The van der Waals surface area contributed by atoms with Crippen molar-refractivity contribution in [1.82, 2.24) is 30.1 Å². The maximum Gasteiger partial charge on any atom is 0.417 e. The number of rotatable bonds is 4. The Balaban J connectivity index is 1.44. The van der Waals surface area contributed by atoms with Crippen LogP contribution in [0, 0.1) is 0 Å². The Morgan fingerprint density at radius 3 is 2.57 bits per heavy atom. The van der Waals surface area contributed by atoms with Gasteiger partial charge in [-0.15, -0.1) is 5.10 Å². The van der Waals surface area contributed by atoms with Crippen molar-refractivity contribution in [3.63, 3.8) is 0 Å². The minimum absolute atomic E-state index is 0.00583. The first-order chi connectivity index (χ1) is 14.4. The number of halogens is 4. The van der Waals surface area contributed by atoms with Gasteiger partial charge in [0.05, 0.1) is 22.8 Å². The average molecular weight is 438 g/mol. The Morgan fingerprint density at radius 1 is 1.03 bits per heavy atom. The molecule has 1 saturated heterocycles. The lowest BCUT2D eigenvalue weighted by Crippen LogP contribution is -2.31. The second-order valence-corrected chi connectivity index (χ2v) is 7.39. The Labute approximate surface area is 176 Å². The maximum atomic E-state index is 12.9. The van der Waals surface area contributed by atoms with Crippen molar-refractivity contribution in [2.75, 3.05) is 31.1 Å². The van der Waals surface area contributed by atoms with E-state index in [-0.39, 0.29) is 5.02 Å². The molecule has 0 radical (unpaired) electrons. The van der Waals surface area contributed by atoms with E-state index in [9.17, 15) is 13.2 Å². The van der Waals surface area contributed by atoms with Crippen LogP contribution in [0.4, 0.5) is 19.0 Å². The van der Waals surface area contributed by atoms with Crippen LogP contribution in [0.1, 0.15) is 17.8 Å². The lowest BCUT2D eigenvalue weighted by atomic mass is 10.2. The molecule has 0 N–H and O–H groups in total. The molecule has 30 heavy (non-hydrogen) atoms. The fourth-order valence-electron chi connectivity index (χ4n) is 3.43. The van der Waals surface area contributed by atoms with Crippen LogP contribution >= 0.6 is 11.6 Å². The van der Waals surface area contributed by atoms with E-state index >= 15 is 0 Å². The van der Waals surface area contributed by atoms with Crippen LogP contribution in [0.25, 0.3) is 5.69 Å². The molecule has 11 heteroatoms. The van der Waals surface area contributed by atoms with Crippen molar-refractivity contribution in [1.29, 1.82) is 0 Å². The highest BCUT2D eigenvalue weighted by molar-refractivity contribution is 6.33. The fourth-order valence-corrected chi connectivity index (χ4v) is 3.72. The van der Waals surface area contributed by atoms with Gasteiger partial charge in [0.15, 0.2) is 5.82 Å². The molecule has 1 fully saturated rings. The third-order valence-corrected chi connectivity index (χ3v) is 5.22. The third kappa shape index (κ3) is 4.54. The van der Waals surface area contributed by atoms with E-state index in [1.807, 2.05) is 35.2 Å². The normalized spacial score (nSPS) is 15.9. The number of anilines is 1. The van der Waals surface area contributed by atoms with Gasteiger partial charge < -0.3 is 4.90 Å². The summed E-state index contributed by atoms with van der Waals surface area (Å²) in [6.07, 6.45) is -2.82. The number of hydrogen-bond acceptors (Lipinski definition) is 6. The fraction of sp³-hybridized carbons (Fsp3) is 0.368. The number of aromatic nitrogens is 5. The maximum absolute atomic E-state index is 12.9. The van der Waals surface area contributed by atoms with Gasteiger partial charge in [-0.25, -0.2) is 4.98 Å². The predicted molar refractivity (Wildman–Crippen MR) is 106 cm³/mol. The van der Waals surface area contributed by atoms with E-state index < -0.39 is 11.7 Å². The highest BCUT2D eigenvalue weighted by atomic mass is 35.5. The number of nitrogens with zero attached hydrogens (tertiary/aromatic N) is 7. The summed E-state index contributed by atoms with van der Waals surface area (Å²) in [4.78, 5) is 8.11. The van der Waals surface area contributed by atoms with E-state index in [4.69, 9.17) is 11.6 Å². The summed E-state index contributed by atoms with van der Waals surface area (Å²) in [5, 5.41) is 12.0. The van der Waals surface area contributed by atoms with Crippen LogP contribution in [0.2, 0.25) is 5.02 Å².